The minimum Gasteiger partial charge on any atom is -0.397 e. The fourth-order valence-corrected chi connectivity index (χ4v) is 1.69. The molecular weight excluding hydrogens is 266 g/mol. The predicted molar refractivity (Wildman–Crippen MR) is 67.3 cm³/mol. The van der Waals surface area contributed by atoms with Crippen molar-refractivity contribution in [3.05, 3.63) is 48.3 Å². The van der Waals surface area contributed by atoms with E-state index in [2.05, 4.69) is 15.1 Å². The average Bonchev–Trinajstić information content (AvgIpc) is 2.92. The van der Waals surface area contributed by atoms with Crippen molar-refractivity contribution in [3.8, 4) is 22.8 Å². The third kappa shape index (κ3) is 2.09. The van der Waals surface area contributed by atoms with Crippen LogP contribution in [0.1, 0.15) is 0 Å². The van der Waals surface area contributed by atoms with Crippen LogP contribution < -0.4 is 5.73 Å². The van der Waals surface area contributed by atoms with E-state index in [0.29, 0.717) is 16.8 Å². The van der Waals surface area contributed by atoms with E-state index in [4.69, 9.17) is 10.3 Å². The van der Waals surface area contributed by atoms with Gasteiger partial charge in [0.1, 0.15) is 0 Å². The number of rotatable bonds is 2. The maximum Gasteiger partial charge on any atom is 0.260 e. The summed E-state index contributed by atoms with van der Waals surface area (Å²) < 4.78 is 31.1. The summed E-state index contributed by atoms with van der Waals surface area (Å²) in [7, 11) is 0. The van der Waals surface area contributed by atoms with Gasteiger partial charge in [0, 0.05) is 11.8 Å². The van der Waals surface area contributed by atoms with Crippen LogP contribution in [0.25, 0.3) is 22.8 Å². The number of aromatic nitrogens is 3. The predicted octanol–water partition coefficient (Wildman–Crippen LogP) is 2.66. The van der Waals surface area contributed by atoms with Crippen molar-refractivity contribution in [2.45, 2.75) is 0 Å². The number of hydrogen-bond donors (Lipinski definition) is 1. The molecule has 5 nitrogen and oxygen atoms in total. The lowest BCUT2D eigenvalue weighted by atomic mass is 10.2. The number of nitrogens with two attached hydrogens (primary N) is 1. The Morgan fingerprint density at radius 3 is 2.70 bits per heavy atom. The van der Waals surface area contributed by atoms with Gasteiger partial charge in [-0.1, -0.05) is 5.16 Å². The lowest BCUT2D eigenvalue weighted by molar-refractivity contribution is 0.432. The van der Waals surface area contributed by atoms with Gasteiger partial charge in [0.2, 0.25) is 5.82 Å². The molecule has 0 saturated heterocycles. The number of pyridine rings is 1. The first-order valence-corrected chi connectivity index (χ1v) is 5.64. The summed E-state index contributed by atoms with van der Waals surface area (Å²) in [6, 6.07) is 4.99. The van der Waals surface area contributed by atoms with Gasteiger partial charge in [-0.25, -0.2) is 8.78 Å². The van der Waals surface area contributed by atoms with E-state index < -0.39 is 11.6 Å². The fourth-order valence-electron chi connectivity index (χ4n) is 1.69. The number of nitrogens with zero attached hydrogens (tertiary/aromatic N) is 3. The van der Waals surface area contributed by atoms with Crippen LogP contribution >= 0.6 is 0 Å². The zero-order valence-corrected chi connectivity index (χ0v) is 10.0. The van der Waals surface area contributed by atoms with E-state index >= 15 is 0 Å². The Morgan fingerprint density at radius 1 is 1.10 bits per heavy atom. The first-order valence-electron chi connectivity index (χ1n) is 5.64. The smallest absolute Gasteiger partial charge is 0.260 e. The molecule has 3 rings (SSSR count). The highest BCUT2D eigenvalue weighted by Crippen LogP contribution is 2.26. The molecule has 100 valence electrons. The second-order valence-electron chi connectivity index (χ2n) is 4.01. The van der Waals surface area contributed by atoms with Crippen molar-refractivity contribution in [3.63, 3.8) is 0 Å². The number of nitrogen functional groups attached to an aromatic ring is 1. The standard InChI is InChI=1S/C13H8F2N4O/c14-9-2-1-7(5-10(9)15)12-18-13(20-19-12)8-3-4-17-6-11(8)16/h1-6H,16H2. The maximum atomic E-state index is 13.2. The third-order valence-electron chi connectivity index (χ3n) is 2.69. The minimum absolute atomic E-state index is 0.148. The fraction of sp³-hybridized carbons (Fsp3) is 0. The Morgan fingerprint density at radius 2 is 1.95 bits per heavy atom. The van der Waals surface area contributed by atoms with E-state index in [-0.39, 0.29) is 11.7 Å². The van der Waals surface area contributed by atoms with Crippen molar-refractivity contribution in [1.82, 2.24) is 15.1 Å². The highest BCUT2D eigenvalue weighted by molar-refractivity contribution is 5.70. The van der Waals surface area contributed by atoms with Crippen LogP contribution in [0.15, 0.2) is 41.2 Å². The van der Waals surface area contributed by atoms with Crippen molar-refractivity contribution < 1.29 is 13.3 Å². The van der Waals surface area contributed by atoms with Crippen LogP contribution in [0.3, 0.4) is 0 Å². The molecule has 0 fully saturated rings. The number of hydrogen-bond acceptors (Lipinski definition) is 5. The zero-order valence-electron chi connectivity index (χ0n) is 10.0. The summed E-state index contributed by atoms with van der Waals surface area (Å²) in [5.41, 5.74) is 6.97. The van der Waals surface area contributed by atoms with Gasteiger partial charge in [-0.3, -0.25) is 4.98 Å². The molecule has 0 spiro atoms. The summed E-state index contributed by atoms with van der Waals surface area (Å²) in [5.74, 6) is -1.58. The van der Waals surface area contributed by atoms with Gasteiger partial charge < -0.3 is 10.3 Å². The van der Waals surface area contributed by atoms with E-state index in [1.807, 2.05) is 0 Å². The molecule has 0 radical (unpaired) electrons. The summed E-state index contributed by atoms with van der Waals surface area (Å²) >= 11 is 0. The normalized spacial score (nSPS) is 10.7. The third-order valence-corrected chi connectivity index (χ3v) is 2.69. The molecule has 20 heavy (non-hydrogen) atoms. The van der Waals surface area contributed by atoms with Crippen LogP contribution in [0, 0.1) is 11.6 Å². The molecule has 0 atom stereocenters. The Labute approximate surface area is 112 Å². The molecule has 2 aromatic heterocycles. The first kappa shape index (κ1) is 12.2. The van der Waals surface area contributed by atoms with E-state index in [1.165, 1.54) is 18.5 Å². The molecule has 7 heteroatoms. The van der Waals surface area contributed by atoms with Gasteiger partial charge in [-0.15, -0.1) is 0 Å². The maximum absolute atomic E-state index is 13.2. The molecule has 2 N–H and O–H groups in total. The van der Waals surface area contributed by atoms with Crippen molar-refractivity contribution >= 4 is 5.69 Å². The van der Waals surface area contributed by atoms with Gasteiger partial charge in [0.15, 0.2) is 11.6 Å². The van der Waals surface area contributed by atoms with Gasteiger partial charge in [-0.05, 0) is 24.3 Å². The van der Waals surface area contributed by atoms with Gasteiger partial charge >= 0.3 is 0 Å². The monoisotopic (exact) mass is 274 g/mol. The molecule has 0 aliphatic rings. The zero-order chi connectivity index (χ0) is 14.1. The van der Waals surface area contributed by atoms with E-state index in [0.717, 1.165) is 12.1 Å². The Balaban J connectivity index is 2.02. The molecule has 0 aliphatic carbocycles. The lowest BCUT2D eigenvalue weighted by Crippen LogP contribution is -1.91. The molecule has 0 amide bonds. The summed E-state index contributed by atoms with van der Waals surface area (Å²) in [5, 5.41) is 3.72. The first-order chi connectivity index (χ1) is 9.65. The SMILES string of the molecule is Nc1cnccc1-c1nc(-c2ccc(F)c(F)c2)no1. The highest BCUT2D eigenvalue weighted by Gasteiger charge is 2.14. The van der Waals surface area contributed by atoms with E-state index in [1.54, 1.807) is 6.07 Å². The van der Waals surface area contributed by atoms with Crippen LogP contribution in [0.5, 0.6) is 0 Å². The second kappa shape index (κ2) is 4.69. The molecule has 0 saturated carbocycles. The quantitative estimate of drug-likeness (QED) is 0.777. The number of benzene rings is 1. The Bertz CT molecular complexity index is 773. The van der Waals surface area contributed by atoms with Crippen LogP contribution in [-0.2, 0) is 0 Å². The summed E-state index contributed by atoms with van der Waals surface area (Å²) in [6.07, 6.45) is 2.99. The topological polar surface area (TPSA) is 77.8 Å². The van der Waals surface area contributed by atoms with Crippen LogP contribution in [-0.4, -0.2) is 15.1 Å². The number of halogens is 2. The molecule has 3 aromatic rings. The van der Waals surface area contributed by atoms with Gasteiger partial charge in [-0.2, -0.15) is 4.98 Å². The van der Waals surface area contributed by atoms with Crippen molar-refractivity contribution in [1.29, 1.82) is 0 Å². The van der Waals surface area contributed by atoms with Crippen LogP contribution in [0.2, 0.25) is 0 Å². The molecule has 2 heterocycles. The van der Waals surface area contributed by atoms with Crippen molar-refractivity contribution in [2.75, 3.05) is 5.73 Å². The van der Waals surface area contributed by atoms with E-state index in [9.17, 15) is 8.78 Å². The molecule has 0 unspecified atom stereocenters. The number of anilines is 1. The van der Waals surface area contributed by atoms with Crippen LogP contribution in [0.4, 0.5) is 14.5 Å². The van der Waals surface area contributed by atoms with Crippen molar-refractivity contribution in [2.24, 2.45) is 0 Å². The second-order valence-corrected chi connectivity index (χ2v) is 4.01. The average molecular weight is 274 g/mol. The molecular formula is C13H8F2N4O. The Hall–Kier alpha value is -2.83. The molecule has 1 aromatic carbocycles. The molecule has 0 aliphatic heterocycles. The molecule has 0 bridgehead atoms. The largest absolute Gasteiger partial charge is 0.397 e. The Kier molecular flexibility index (Phi) is 2.86. The minimum atomic E-state index is -0.975. The summed E-state index contributed by atoms with van der Waals surface area (Å²) in [6.45, 7) is 0. The van der Waals surface area contributed by atoms with Gasteiger partial charge in [0.25, 0.3) is 5.89 Å². The van der Waals surface area contributed by atoms with Gasteiger partial charge in [0.05, 0.1) is 17.4 Å². The highest BCUT2D eigenvalue weighted by atomic mass is 19.2. The lowest BCUT2D eigenvalue weighted by Gasteiger charge is -1.97. The summed E-state index contributed by atoms with van der Waals surface area (Å²) in [4.78, 5) is 7.96.